The van der Waals surface area contributed by atoms with Crippen molar-refractivity contribution in [2.24, 2.45) is 0 Å². The largest absolute Gasteiger partial charge is 0.495 e. The number of carboxylic acids is 1. The van der Waals surface area contributed by atoms with Crippen molar-refractivity contribution in [1.82, 2.24) is 9.97 Å². The fourth-order valence-corrected chi connectivity index (χ4v) is 2.19. The summed E-state index contributed by atoms with van der Waals surface area (Å²) in [5, 5.41) is 13.7. The van der Waals surface area contributed by atoms with Gasteiger partial charge in [0, 0.05) is 17.0 Å². The molecule has 0 radical (unpaired) electrons. The number of pyridine rings is 2. The number of hydrogen-bond acceptors (Lipinski definition) is 5. The van der Waals surface area contributed by atoms with E-state index >= 15 is 0 Å². The monoisotopic (exact) mass is 295 g/mol. The van der Waals surface area contributed by atoms with Crippen molar-refractivity contribution in [3.05, 3.63) is 54.4 Å². The number of nitrogens with zero attached hydrogens (tertiary/aromatic N) is 2. The third-order valence-corrected chi connectivity index (χ3v) is 3.26. The summed E-state index contributed by atoms with van der Waals surface area (Å²) in [6, 6.07) is 10.3. The molecule has 0 spiro atoms. The number of rotatable bonds is 4. The van der Waals surface area contributed by atoms with E-state index in [1.54, 1.807) is 49.8 Å². The van der Waals surface area contributed by atoms with Crippen LogP contribution in [-0.4, -0.2) is 28.2 Å². The Morgan fingerprint density at radius 2 is 2.00 bits per heavy atom. The van der Waals surface area contributed by atoms with Crippen molar-refractivity contribution in [2.75, 3.05) is 12.4 Å². The maximum absolute atomic E-state index is 11.3. The van der Waals surface area contributed by atoms with E-state index in [-0.39, 0.29) is 5.56 Å². The SMILES string of the molecule is COc1ccc(Nc2nccc3c(C(=O)O)cccc23)nc1. The van der Waals surface area contributed by atoms with Gasteiger partial charge >= 0.3 is 5.97 Å². The highest BCUT2D eigenvalue weighted by Gasteiger charge is 2.11. The zero-order chi connectivity index (χ0) is 15.5. The lowest BCUT2D eigenvalue weighted by atomic mass is 10.1. The van der Waals surface area contributed by atoms with Gasteiger partial charge in [-0.05, 0) is 24.3 Å². The fraction of sp³-hybridized carbons (Fsp3) is 0.0625. The van der Waals surface area contributed by atoms with E-state index < -0.39 is 5.97 Å². The first-order valence-electron chi connectivity index (χ1n) is 6.57. The standard InChI is InChI=1S/C16H13N3O3/c1-22-10-5-6-14(18-9-10)19-15-12-3-2-4-13(16(20)21)11(12)7-8-17-15/h2-9H,1H3,(H,20,21)(H,17,18,19). The van der Waals surface area contributed by atoms with Crippen LogP contribution in [-0.2, 0) is 0 Å². The summed E-state index contributed by atoms with van der Waals surface area (Å²) < 4.78 is 5.06. The summed E-state index contributed by atoms with van der Waals surface area (Å²) in [5.41, 5.74) is 0.241. The molecule has 0 aliphatic carbocycles. The van der Waals surface area contributed by atoms with E-state index in [2.05, 4.69) is 15.3 Å². The number of aromatic carboxylic acids is 1. The number of hydrogen-bond donors (Lipinski definition) is 2. The molecule has 3 rings (SSSR count). The third kappa shape index (κ3) is 2.54. The Morgan fingerprint density at radius 3 is 2.68 bits per heavy atom. The zero-order valence-electron chi connectivity index (χ0n) is 11.8. The number of anilines is 2. The average molecular weight is 295 g/mol. The highest BCUT2D eigenvalue weighted by Crippen LogP contribution is 2.26. The van der Waals surface area contributed by atoms with Gasteiger partial charge in [-0.15, -0.1) is 0 Å². The molecule has 2 aromatic heterocycles. The predicted molar refractivity (Wildman–Crippen MR) is 82.8 cm³/mol. The van der Waals surface area contributed by atoms with Gasteiger partial charge in [0.15, 0.2) is 0 Å². The quantitative estimate of drug-likeness (QED) is 0.769. The van der Waals surface area contributed by atoms with Crippen molar-refractivity contribution in [1.29, 1.82) is 0 Å². The van der Waals surface area contributed by atoms with Gasteiger partial charge in [-0.2, -0.15) is 0 Å². The molecule has 0 fully saturated rings. The number of methoxy groups -OCH3 is 1. The first-order valence-corrected chi connectivity index (χ1v) is 6.57. The minimum Gasteiger partial charge on any atom is -0.495 e. The molecule has 1 aromatic carbocycles. The molecule has 6 heteroatoms. The van der Waals surface area contributed by atoms with Gasteiger partial charge in [0.25, 0.3) is 0 Å². The van der Waals surface area contributed by atoms with Gasteiger partial charge < -0.3 is 15.2 Å². The Labute approximate surface area is 126 Å². The van der Waals surface area contributed by atoms with E-state index in [4.69, 9.17) is 4.74 Å². The second-order valence-electron chi connectivity index (χ2n) is 4.57. The summed E-state index contributed by atoms with van der Waals surface area (Å²) in [4.78, 5) is 19.8. The van der Waals surface area contributed by atoms with Gasteiger partial charge in [0.1, 0.15) is 17.4 Å². The van der Waals surface area contributed by atoms with Crippen molar-refractivity contribution in [3.8, 4) is 5.75 Å². The smallest absolute Gasteiger partial charge is 0.336 e. The van der Waals surface area contributed by atoms with Crippen LogP contribution in [0.3, 0.4) is 0 Å². The summed E-state index contributed by atoms with van der Waals surface area (Å²) in [6.07, 6.45) is 3.16. The average Bonchev–Trinajstić information content (AvgIpc) is 2.55. The molecule has 2 N–H and O–H groups in total. The Kier molecular flexibility index (Phi) is 3.57. The molecule has 0 unspecified atom stereocenters. The number of nitrogens with one attached hydrogen (secondary N) is 1. The van der Waals surface area contributed by atoms with E-state index in [0.717, 1.165) is 5.39 Å². The Bertz CT molecular complexity index is 832. The molecule has 3 aromatic rings. The lowest BCUT2D eigenvalue weighted by Gasteiger charge is -2.09. The fourth-order valence-electron chi connectivity index (χ4n) is 2.19. The normalized spacial score (nSPS) is 10.4. The van der Waals surface area contributed by atoms with Crippen LogP contribution in [0.15, 0.2) is 48.8 Å². The van der Waals surface area contributed by atoms with Gasteiger partial charge in [-0.3, -0.25) is 0 Å². The molecule has 0 saturated heterocycles. The summed E-state index contributed by atoms with van der Waals surface area (Å²) >= 11 is 0. The predicted octanol–water partition coefficient (Wildman–Crippen LogP) is 3.08. The number of carboxylic acid groups (broad SMARTS) is 1. The summed E-state index contributed by atoms with van der Waals surface area (Å²) in [7, 11) is 1.57. The molecular weight excluding hydrogens is 282 g/mol. The first-order chi connectivity index (χ1) is 10.7. The first kappa shape index (κ1) is 13.8. The molecule has 110 valence electrons. The van der Waals surface area contributed by atoms with Crippen molar-refractivity contribution >= 4 is 28.4 Å². The van der Waals surface area contributed by atoms with Crippen LogP contribution in [0.1, 0.15) is 10.4 Å². The van der Waals surface area contributed by atoms with Crippen LogP contribution < -0.4 is 10.1 Å². The second kappa shape index (κ2) is 5.69. The Morgan fingerprint density at radius 1 is 1.14 bits per heavy atom. The minimum atomic E-state index is -0.967. The molecule has 2 heterocycles. The number of fused-ring (bicyclic) bond motifs is 1. The van der Waals surface area contributed by atoms with Crippen LogP contribution in [0.25, 0.3) is 10.8 Å². The molecule has 0 aliphatic heterocycles. The molecule has 0 aliphatic rings. The Hall–Kier alpha value is -3.15. The van der Waals surface area contributed by atoms with Crippen LogP contribution in [0.2, 0.25) is 0 Å². The lowest BCUT2D eigenvalue weighted by Crippen LogP contribution is -2.00. The minimum absolute atomic E-state index is 0.241. The zero-order valence-corrected chi connectivity index (χ0v) is 11.8. The van der Waals surface area contributed by atoms with Gasteiger partial charge in [-0.25, -0.2) is 14.8 Å². The molecular formula is C16H13N3O3. The second-order valence-corrected chi connectivity index (χ2v) is 4.57. The van der Waals surface area contributed by atoms with E-state index in [1.807, 2.05) is 6.07 Å². The number of ether oxygens (including phenoxy) is 1. The maximum Gasteiger partial charge on any atom is 0.336 e. The van der Waals surface area contributed by atoms with Crippen LogP contribution >= 0.6 is 0 Å². The third-order valence-electron chi connectivity index (χ3n) is 3.26. The lowest BCUT2D eigenvalue weighted by molar-refractivity contribution is 0.0699. The summed E-state index contributed by atoms with van der Waals surface area (Å²) in [6.45, 7) is 0. The molecule has 6 nitrogen and oxygen atoms in total. The number of aromatic nitrogens is 2. The van der Waals surface area contributed by atoms with Crippen molar-refractivity contribution < 1.29 is 14.6 Å². The molecule has 0 amide bonds. The summed E-state index contributed by atoms with van der Waals surface area (Å²) in [5.74, 6) is 0.842. The van der Waals surface area contributed by atoms with Gasteiger partial charge in [-0.1, -0.05) is 12.1 Å². The van der Waals surface area contributed by atoms with E-state index in [0.29, 0.717) is 22.8 Å². The van der Waals surface area contributed by atoms with Crippen LogP contribution in [0.5, 0.6) is 5.75 Å². The van der Waals surface area contributed by atoms with Crippen molar-refractivity contribution in [2.45, 2.75) is 0 Å². The Balaban J connectivity index is 2.03. The van der Waals surface area contributed by atoms with Gasteiger partial charge in [0.05, 0.1) is 18.9 Å². The highest BCUT2D eigenvalue weighted by molar-refractivity contribution is 6.06. The van der Waals surface area contributed by atoms with Crippen LogP contribution in [0, 0.1) is 0 Å². The molecule has 0 atom stereocenters. The van der Waals surface area contributed by atoms with E-state index in [9.17, 15) is 9.90 Å². The molecule has 0 bridgehead atoms. The van der Waals surface area contributed by atoms with Gasteiger partial charge in [0.2, 0.25) is 0 Å². The molecule has 22 heavy (non-hydrogen) atoms. The van der Waals surface area contributed by atoms with Crippen LogP contribution in [0.4, 0.5) is 11.6 Å². The van der Waals surface area contributed by atoms with E-state index in [1.165, 1.54) is 0 Å². The number of carbonyl (C=O) groups is 1. The highest BCUT2D eigenvalue weighted by atomic mass is 16.5. The molecule has 0 saturated carbocycles. The number of benzene rings is 1. The van der Waals surface area contributed by atoms with Crippen molar-refractivity contribution in [3.63, 3.8) is 0 Å². The topological polar surface area (TPSA) is 84.3 Å². The maximum atomic E-state index is 11.3.